The Kier molecular flexibility index (Phi) is 6.49. The van der Waals surface area contributed by atoms with Gasteiger partial charge in [-0.3, -0.25) is 9.59 Å². The first-order valence-corrected chi connectivity index (χ1v) is 9.60. The summed E-state index contributed by atoms with van der Waals surface area (Å²) in [7, 11) is 1.52. The molecule has 3 N–H and O–H groups in total. The zero-order chi connectivity index (χ0) is 21.7. The van der Waals surface area contributed by atoms with Crippen molar-refractivity contribution in [2.24, 2.45) is 0 Å². The van der Waals surface area contributed by atoms with Gasteiger partial charge in [-0.05, 0) is 55.3 Å². The van der Waals surface area contributed by atoms with E-state index >= 15 is 0 Å². The Bertz CT molecular complexity index is 907. The summed E-state index contributed by atoms with van der Waals surface area (Å²) in [5, 5.41) is 8.01. The van der Waals surface area contributed by atoms with Crippen molar-refractivity contribution in [3.8, 4) is 0 Å². The van der Waals surface area contributed by atoms with E-state index in [2.05, 4.69) is 16.0 Å². The van der Waals surface area contributed by atoms with Gasteiger partial charge < -0.3 is 20.9 Å². The highest BCUT2D eigenvalue weighted by Gasteiger charge is 2.31. The van der Waals surface area contributed by atoms with Crippen molar-refractivity contribution in [1.82, 2.24) is 5.32 Å². The Balaban J connectivity index is 1.69. The quantitative estimate of drug-likeness (QED) is 0.666. The topological polar surface area (TPSA) is 73.5 Å². The first-order valence-electron chi connectivity index (χ1n) is 9.60. The van der Waals surface area contributed by atoms with Crippen LogP contribution < -0.4 is 20.9 Å². The molecule has 0 atom stereocenters. The van der Waals surface area contributed by atoms with Gasteiger partial charge in [-0.2, -0.15) is 13.2 Å². The minimum atomic E-state index is -4.46. The third kappa shape index (κ3) is 5.22. The summed E-state index contributed by atoms with van der Waals surface area (Å²) in [6.45, 7) is 1.34. The van der Waals surface area contributed by atoms with Crippen LogP contribution in [-0.2, 0) is 11.0 Å². The summed E-state index contributed by atoms with van der Waals surface area (Å²) < 4.78 is 39.4. The van der Waals surface area contributed by atoms with Crippen molar-refractivity contribution in [3.05, 3.63) is 53.6 Å². The lowest BCUT2D eigenvalue weighted by Crippen LogP contribution is -2.25. The molecule has 0 radical (unpaired) electrons. The number of nitrogens with one attached hydrogen (secondary N) is 3. The molecule has 2 aromatic rings. The molecular formula is C21H23F3N4O2. The highest BCUT2D eigenvalue weighted by atomic mass is 19.4. The number of alkyl halides is 3. The van der Waals surface area contributed by atoms with E-state index in [1.165, 1.54) is 13.1 Å². The van der Waals surface area contributed by atoms with Crippen LogP contribution >= 0.6 is 0 Å². The molecule has 2 amide bonds. The maximum atomic E-state index is 13.1. The van der Waals surface area contributed by atoms with E-state index in [0.29, 0.717) is 16.9 Å². The molecule has 6 nitrogen and oxygen atoms in total. The average molecular weight is 420 g/mol. The molecular weight excluding hydrogens is 397 g/mol. The average Bonchev–Trinajstić information content (AvgIpc) is 3.26. The highest BCUT2D eigenvalue weighted by molar-refractivity contribution is 5.96. The van der Waals surface area contributed by atoms with E-state index in [9.17, 15) is 22.8 Å². The molecule has 30 heavy (non-hydrogen) atoms. The Morgan fingerprint density at radius 3 is 2.30 bits per heavy atom. The van der Waals surface area contributed by atoms with Gasteiger partial charge >= 0.3 is 6.18 Å². The number of hydrogen-bond donors (Lipinski definition) is 3. The Hall–Kier alpha value is -3.23. The van der Waals surface area contributed by atoms with Crippen LogP contribution in [0.25, 0.3) is 0 Å². The van der Waals surface area contributed by atoms with E-state index in [4.69, 9.17) is 0 Å². The second kappa shape index (κ2) is 9.06. The summed E-state index contributed by atoms with van der Waals surface area (Å²) in [6.07, 6.45) is -2.51. The van der Waals surface area contributed by atoms with E-state index in [1.54, 1.807) is 24.3 Å². The number of nitrogens with zero attached hydrogens (tertiary/aromatic N) is 1. The zero-order valence-corrected chi connectivity index (χ0v) is 16.5. The van der Waals surface area contributed by atoms with Crippen LogP contribution in [0, 0.1) is 0 Å². The second-order valence-electron chi connectivity index (χ2n) is 6.98. The molecule has 0 aromatic heterocycles. The van der Waals surface area contributed by atoms with Crippen LogP contribution in [-0.4, -0.2) is 38.5 Å². The van der Waals surface area contributed by atoms with E-state index < -0.39 is 17.6 Å². The van der Waals surface area contributed by atoms with Gasteiger partial charge in [0, 0.05) is 31.4 Å². The normalized spacial score (nSPS) is 13.8. The van der Waals surface area contributed by atoms with Gasteiger partial charge in [0.1, 0.15) is 0 Å². The third-order valence-electron chi connectivity index (χ3n) is 4.87. The second-order valence-corrected chi connectivity index (χ2v) is 6.98. The number of carbonyl (C=O) groups excluding carboxylic acids is 2. The molecule has 0 spiro atoms. The van der Waals surface area contributed by atoms with Crippen LogP contribution in [0.4, 0.5) is 30.2 Å². The predicted octanol–water partition coefficient (Wildman–Crippen LogP) is 3.72. The fourth-order valence-electron chi connectivity index (χ4n) is 3.32. The Morgan fingerprint density at radius 1 is 1.03 bits per heavy atom. The Labute approximate surface area is 172 Å². The number of hydrogen-bond acceptors (Lipinski definition) is 4. The SMILES string of the molecule is CNC(=O)c1ccc(NC(=O)CNc2cc(C(F)(F)F)ccc2N2CCCC2)cc1. The van der Waals surface area contributed by atoms with Gasteiger partial charge in [0.2, 0.25) is 5.91 Å². The van der Waals surface area contributed by atoms with Crippen molar-refractivity contribution in [2.45, 2.75) is 19.0 Å². The molecule has 1 aliphatic rings. The molecule has 0 aliphatic carbocycles. The van der Waals surface area contributed by atoms with E-state index in [0.717, 1.165) is 38.1 Å². The number of halogens is 3. The first kappa shape index (κ1) is 21.5. The third-order valence-corrected chi connectivity index (χ3v) is 4.87. The molecule has 3 rings (SSSR count). The van der Waals surface area contributed by atoms with Gasteiger partial charge in [-0.1, -0.05) is 0 Å². The van der Waals surface area contributed by atoms with Crippen LogP contribution in [0.3, 0.4) is 0 Å². The summed E-state index contributed by atoms with van der Waals surface area (Å²) in [5.74, 6) is -0.652. The maximum absolute atomic E-state index is 13.1. The van der Waals surface area contributed by atoms with Crippen LogP contribution in [0.2, 0.25) is 0 Å². The minimum Gasteiger partial charge on any atom is -0.374 e. The van der Waals surface area contributed by atoms with Crippen molar-refractivity contribution in [2.75, 3.05) is 42.2 Å². The van der Waals surface area contributed by atoms with Gasteiger partial charge in [-0.25, -0.2) is 0 Å². The number of benzene rings is 2. The van der Waals surface area contributed by atoms with Gasteiger partial charge in [0.15, 0.2) is 0 Å². The van der Waals surface area contributed by atoms with Crippen molar-refractivity contribution in [3.63, 3.8) is 0 Å². The zero-order valence-electron chi connectivity index (χ0n) is 16.5. The van der Waals surface area contributed by atoms with Crippen molar-refractivity contribution >= 4 is 28.9 Å². The largest absolute Gasteiger partial charge is 0.416 e. The monoisotopic (exact) mass is 420 g/mol. The smallest absolute Gasteiger partial charge is 0.374 e. The first-order chi connectivity index (χ1) is 14.3. The van der Waals surface area contributed by atoms with Gasteiger partial charge in [-0.15, -0.1) is 0 Å². The molecule has 160 valence electrons. The number of amides is 2. The molecule has 2 aromatic carbocycles. The molecule has 0 saturated carbocycles. The summed E-state index contributed by atoms with van der Waals surface area (Å²) >= 11 is 0. The standard InChI is InChI=1S/C21H23F3N4O2/c1-25-20(30)14-4-7-16(8-5-14)27-19(29)13-26-17-12-15(21(22,23)24)6-9-18(17)28-10-2-3-11-28/h4-9,12,26H,2-3,10-11,13H2,1H3,(H,25,30)(H,27,29). The van der Waals surface area contributed by atoms with Crippen LogP contribution in [0.15, 0.2) is 42.5 Å². The van der Waals surface area contributed by atoms with Crippen molar-refractivity contribution < 1.29 is 22.8 Å². The Morgan fingerprint density at radius 2 is 1.70 bits per heavy atom. The van der Waals surface area contributed by atoms with Gasteiger partial charge in [0.25, 0.3) is 5.91 Å². The number of anilines is 3. The molecule has 9 heteroatoms. The predicted molar refractivity (Wildman–Crippen MR) is 110 cm³/mol. The lowest BCUT2D eigenvalue weighted by Gasteiger charge is -2.23. The van der Waals surface area contributed by atoms with E-state index in [1.807, 2.05) is 4.90 Å². The van der Waals surface area contributed by atoms with Crippen molar-refractivity contribution in [1.29, 1.82) is 0 Å². The molecule has 1 aliphatic heterocycles. The number of rotatable bonds is 6. The minimum absolute atomic E-state index is 0.195. The van der Waals surface area contributed by atoms with Crippen LogP contribution in [0.1, 0.15) is 28.8 Å². The molecule has 0 unspecified atom stereocenters. The highest BCUT2D eigenvalue weighted by Crippen LogP contribution is 2.36. The van der Waals surface area contributed by atoms with Crippen LogP contribution in [0.5, 0.6) is 0 Å². The molecule has 1 saturated heterocycles. The fourth-order valence-corrected chi connectivity index (χ4v) is 3.32. The molecule has 1 heterocycles. The van der Waals surface area contributed by atoms with Gasteiger partial charge in [0.05, 0.1) is 23.5 Å². The lowest BCUT2D eigenvalue weighted by atomic mass is 10.1. The number of carbonyl (C=O) groups is 2. The summed E-state index contributed by atoms with van der Waals surface area (Å²) in [4.78, 5) is 25.9. The van der Waals surface area contributed by atoms with E-state index in [-0.39, 0.29) is 18.1 Å². The summed E-state index contributed by atoms with van der Waals surface area (Å²) in [5.41, 5.74) is 1.10. The molecule has 0 bridgehead atoms. The summed E-state index contributed by atoms with van der Waals surface area (Å²) in [6, 6.07) is 9.86. The fraction of sp³-hybridized carbons (Fsp3) is 0.333. The molecule has 1 fully saturated rings. The lowest BCUT2D eigenvalue weighted by molar-refractivity contribution is -0.137. The maximum Gasteiger partial charge on any atom is 0.416 e.